The van der Waals surface area contributed by atoms with Crippen LogP contribution in [0.5, 0.6) is 0 Å². The minimum absolute atomic E-state index is 0.359. The highest BCUT2D eigenvalue weighted by atomic mass is 19.1. The van der Waals surface area contributed by atoms with Crippen LogP contribution in [0.1, 0.15) is 5.56 Å². The minimum atomic E-state index is -0.455. The van der Waals surface area contributed by atoms with Crippen molar-refractivity contribution in [1.29, 1.82) is 0 Å². The molecule has 0 atom stereocenters. The van der Waals surface area contributed by atoms with Crippen molar-refractivity contribution in [2.45, 2.75) is 0 Å². The van der Waals surface area contributed by atoms with Gasteiger partial charge >= 0.3 is 0 Å². The average Bonchev–Trinajstić information content (AvgIpc) is 3.39. The summed E-state index contributed by atoms with van der Waals surface area (Å²) in [6, 6.07) is 14.2. The molecule has 2 aromatic heterocycles. The van der Waals surface area contributed by atoms with Gasteiger partial charge in [0.15, 0.2) is 0 Å². The number of hydrogen-bond donors (Lipinski definition) is 1. The van der Waals surface area contributed by atoms with Gasteiger partial charge in [-0.3, -0.25) is 4.79 Å². The number of halogens is 1. The molecule has 0 saturated heterocycles. The number of para-hydroxylation sites is 1. The molecule has 0 radical (unpaired) electrons. The van der Waals surface area contributed by atoms with Crippen LogP contribution in [0.15, 0.2) is 85.7 Å². The summed E-state index contributed by atoms with van der Waals surface area (Å²) >= 11 is 0. The second-order valence-electron chi connectivity index (χ2n) is 6.01. The van der Waals surface area contributed by atoms with Crippen LogP contribution < -0.4 is 5.32 Å². The molecule has 0 bridgehead atoms. The Labute approximate surface area is 160 Å². The molecule has 0 aliphatic heterocycles. The van der Waals surface area contributed by atoms with Gasteiger partial charge < -0.3 is 9.88 Å². The average molecular weight is 373 g/mol. The standard InChI is InChI=1S/C21H16FN5O/c22-19-12-17(7-8-20(19)26-11-10-23-15-26)25-21(28)9-6-16-13-24-27(14-16)18-4-2-1-3-5-18/h1-15H,(H,25,28). The Morgan fingerprint density at radius 1 is 1.14 bits per heavy atom. The van der Waals surface area contributed by atoms with Crippen molar-refractivity contribution in [2.24, 2.45) is 0 Å². The number of imidazole rings is 1. The van der Waals surface area contributed by atoms with Gasteiger partial charge in [0.05, 0.1) is 23.9 Å². The van der Waals surface area contributed by atoms with E-state index < -0.39 is 5.82 Å². The van der Waals surface area contributed by atoms with Crippen molar-refractivity contribution in [3.8, 4) is 11.4 Å². The lowest BCUT2D eigenvalue weighted by Gasteiger charge is -2.07. The molecule has 1 N–H and O–H groups in total. The molecule has 6 nitrogen and oxygen atoms in total. The fraction of sp³-hybridized carbons (Fsp3) is 0. The number of benzene rings is 2. The molecule has 2 aromatic carbocycles. The topological polar surface area (TPSA) is 64.7 Å². The SMILES string of the molecule is O=C(C=Cc1cnn(-c2ccccc2)c1)Nc1ccc(-n2ccnc2)c(F)c1. The molecular weight excluding hydrogens is 357 g/mol. The predicted molar refractivity (Wildman–Crippen MR) is 105 cm³/mol. The molecule has 0 spiro atoms. The van der Waals surface area contributed by atoms with Crippen LogP contribution in [0.2, 0.25) is 0 Å². The van der Waals surface area contributed by atoms with Gasteiger partial charge in [-0.05, 0) is 36.4 Å². The first-order chi connectivity index (χ1) is 13.7. The molecule has 1 amide bonds. The Kier molecular flexibility index (Phi) is 4.79. The predicted octanol–water partition coefficient (Wildman–Crippen LogP) is 3.85. The lowest BCUT2D eigenvalue weighted by Crippen LogP contribution is -2.08. The van der Waals surface area contributed by atoms with Gasteiger partial charge in [-0.2, -0.15) is 5.10 Å². The highest BCUT2D eigenvalue weighted by molar-refractivity contribution is 6.01. The normalized spacial score (nSPS) is 11.0. The second-order valence-corrected chi connectivity index (χ2v) is 6.01. The molecule has 0 unspecified atom stereocenters. The molecule has 4 rings (SSSR count). The van der Waals surface area contributed by atoms with Crippen molar-refractivity contribution in [2.75, 3.05) is 5.32 Å². The van der Waals surface area contributed by atoms with Gasteiger partial charge in [-0.1, -0.05) is 18.2 Å². The van der Waals surface area contributed by atoms with Crippen LogP contribution in [0, 0.1) is 5.82 Å². The van der Waals surface area contributed by atoms with Crippen LogP contribution in [0.3, 0.4) is 0 Å². The summed E-state index contributed by atoms with van der Waals surface area (Å²) < 4.78 is 17.5. The fourth-order valence-electron chi connectivity index (χ4n) is 2.70. The van der Waals surface area contributed by atoms with Gasteiger partial charge in [0.1, 0.15) is 5.82 Å². The minimum Gasteiger partial charge on any atom is -0.322 e. The number of carbonyl (C=O) groups is 1. The van der Waals surface area contributed by atoms with Crippen molar-refractivity contribution in [3.05, 3.63) is 97.1 Å². The Bertz CT molecular complexity index is 1120. The lowest BCUT2D eigenvalue weighted by atomic mass is 10.2. The highest BCUT2D eigenvalue weighted by Crippen LogP contribution is 2.18. The zero-order chi connectivity index (χ0) is 19.3. The molecule has 28 heavy (non-hydrogen) atoms. The van der Waals surface area contributed by atoms with Crippen LogP contribution >= 0.6 is 0 Å². The Morgan fingerprint density at radius 3 is 2.75 bits per heavy atom. The number of aromatic nitrogens is 4. The van der Waals surface area contributed by atoms with E-state index in [-0.39, 0.29) is 5.91 Å². The van der Waals surface area contributed by atoms with Crippen LogP contribution in [-0.4, -0.2) is 25.2 Å². The molecule has 4 aromatic rings. The van der Waals surface area contributed by atoms with Gasteiger partial charge in [0.25, 0.3) is 0 Å². The monoisotopic (exact) mass is 373 g/mol. The van der Waals surface area contributed by atoms with E-state index in [1.807, 2.05) is 36.5 Å². The van der Waals surface area contributed by atoms with Crippen molar-refractivity contribution >= 4 is 17.7 Å². The fourth-order valence-corrected chi connectivity index (χ4v) is 2.70. The van der Waals surface area contributed by atoms with Crippen LogP contribution in [0.4, 0.5) is 10.1 Å². The van der Waals surface area contributed by atoms with E-state index in [2.05, 4.69) is 15.4 Å². The summed E-state index contributed by atoms with van der Waals surface area (Å²) in [4.78, 5) is 16.0. The molecule has 0 aliphatic rings. The van der Waals surface area contributed by atoms with Crippen molar-refractivity contribution in [1.82, 2.24) is 19.3 Å². The third-order valence-corrected chi connectivity index (χ3v) is 4.05. The Balaban J connectivity index is 1.42. The quantitative estimate of drug-likeness (QED) is 0.541. The molecule has 0 saturated carbocycles. The van der Waals surface area contributed by atoms with E-state index in [0.717, 1.165) is 11.3 Å². The molecule has 138 valence electrons. The van der Waals surface area contributed by atoms with Crippen LogP contribution in [0.25, 0.3) is 17.5 Å². The number of hydrogen-bond acceptors (Lipinski definition) is 3. The smallest absolute Gasteiger partial charge is 0.248 e. The number of nitrogens with one attached hydrogen (secondary N) is 1. The van der Waals surface area contributed by atoms with Gasteiger partial charge in [-0.15, -0.1) is 0 Å². The molecular formula is C21H16FN5O. The molecule has 0 fully saturated rings. The Morgan fingerprint density at radius 2 is 2.00 bits per heavy atom. The first-order valence-corrected chi connectivity index (χ1v) is 8.56. The summed E-state index contributed by atoms with van der Waals surface area (Å²) in [6.45, 7) is 0. The highest BCUT2D eigenvalue weighted by Gasteiger charge is 2.07. The number of amides is 1. The van der Waals surface area contributed by atoms with E-state index >= 15 is 0 Å². The van der Waals surface area contributed by atoms with E-state index in [9.17, 15) is 9.18 Å². The third kappa shape index (κ3) is 3.88. The third-order valence-electron chi connectivity index (χ3n) is 4.05. The van der Waals surface area contributed by atoms with Crippen molar-refractivity contribution < 1.29 is 9.18 Å². The maximum Gasteiger partial charge on any atom is 0.248 e. The second kappa shape index (κ2) is 7.71. The number of nitrogens with zero attached hydrogens (tertiary/aromatic N) is 4. The van der Waals surface area contributed by atoms with E-state index in [1.54, 1.807) is 46.0 Å². The lowest BCUT2D eigenvalue weighted by molar-refractivity contribution is -0.111. The first-order valence-electron chi connectivity index (χ1n) is 8.56. The van der Waals surface area contributed by atoms with Gasteiger partial charge in [0.2, 0.25) is 5.91 Å². The van der Waals surface area contributed by atoms with E-state index in [0.29, 0.717) is 11.4 Å². The van der Waals surface area contributed by atoms with Crippen molar-refractivity contribution in [3.63, 3.8) is 0 Å². The first kappa shape index (κ1) is 17.4. The van der Waals surface area contributed by atoms with E-state index in [1.165, 1.54) is 18.5 Å². The summed E-state index contributed by atoms with van der Waals surface area (Å²) in [5, 5.41) is 6.92. The summed E-state index contributed by atoms with van der Waals surface area (Å²) in [5.41, 5.74) is 2.44. The summed E-state index contributed by atoms with van der Waals surface area (Å²) in [5.74, 6) is -0.814. The maximum atomic E-state index is 14.2. The van der Waals surface area contributed by atoms with Gasteiger partial charge in [0, 0.05) is 35.9 Å². The summed E-state index contributed by atoms with van der Waals surface area (Å²) in [7, 11) is 0. The number of rotatable bonds is 5. The number of carbonyl (C=O) groups excluding carboxylic acids is 1. The summed E-state index contributed by atoms with van der Waals surface area (Å²) in [6.07, 6.45) is 11.2. The molecule has 0 aliphatic carbocycles. The number of anilines is 1. The molecule has 2 heterocycles. The van der Waals surface area contributed by atoms with E-state index in [4.69, 9.17) is 0 Å². The zero-order valence-electron chi connectivity index (χ0n) is 14.7. The van der Waals surface area contributed by atoms with Crippen LogP contribution in [-0.2, 0) is 4.79 Å². The van der Waals surface area contributed by atoms with Gasteiger partial charge in [-0.25, -0.2) is 14.1 Å². The molecule has 7 heteroatoms. The Hall–Kier alpha value is -4.00. The maximum absolute atomic E-state index is 14.2. The zero-order valence-corrected chi connectivity index (χ0v) is 14.7. The largest absolute Gasteiger partial charge is 0.322 e.